The van der Waals surface area contributed by atoms with Crippen molar-refractivity contribution in [1.82, 2.24) is 5.32 Å². The van der Waals surface area contributed by atoms with E-state index in [1.165, 1.54) is 7.11 Å². The van der Waals surface area contributed by atoms with Crippen molar-refractivity contribution in [2.45, 2.75) is 19.0 Å². The fraction of sp³-hybridized carbons (Fsp3) is 0.500. The van der Waals surface area contributed by atoms with E-state index in [2.05, 4.69) is 5.32 Å². The Balaban J connectivity index is 2.64. The first-order chi connectivity index (χ1) is 8.58. The Kier molecular flexibility index (Phi) is 6.11. The minimum absolute atomic E-state index is 0.0351. The second-order valence-corrected chi connectivity index (χ2v) is 3.90. The van der Waals surface area contributed by atoms with Crippen LogP contribution in [0.25, 0.3) is 0 Å². The highest BCUT2D eigenvalue weighted by Crippen LogP contribution is 2.13. The van der Waals surface area contributed by atoms with Gasteiger partial charge < -0.3 is 15.2 Å². The van der Waals surface area contributed by atoms with Gasteiger partial charge in [-0.2, -0.15) is 0 Å². The molecule has 6 heteroatoms. The predicted molar refractivity (Wildman–Crippen MR) is 60.5 cm³/mol. The van der Waals surface area contributed by atoms with Crippen molar-refractivity contribution >= 4 is 0 Å². The van der Waals surface area contributed by atoms with Crippen LogP contribution in [-0.4, -0.2) is 31.5 Å². The van der Waals surface area contributed by atoms with Gasteiger partial charge in [0.05, 0.1) is 6.61 Å². The zero-order valence-corrected chi connectivity index (χ0v) is 10.0. The van der Waals surface area contributed by atoms with Crippen LogP contribution in [0.5, 0.6) is 0 Å². The minimum atomic E-state index is -1.21. The molecule has 1 unspecified atom stereocenters. The van der Waals surface area contributed by atoms with Gasteiger partial charge in [-0.05, 0) is 12.5 Å². The number of aliphatic hydroxyl groups is 1. The Morgan fingerprint density at radius 3 is 2.50 bits per heavy atom. The molecule has 0 radical (unpaired) electrons. The molecule has 0 aliphatic carbocycles. The van der Waals surface area contributed by atoms with Crippen LogP contribution in [-0.2, 0) is 11.3 Å². The Bertz CT molecular complexity index is 382. The molecule has 0 bridgehead atoms. The summed E-state index contributed by atoms with van der Waals surface area (Å²) in [5, 5.41) is 11.7. The first kappa shape index (κ1) is 14.9. The van der Waals surface area contributed by atoms with Gasteiger partial charge in [-0.1, -0.05) is 0 Å². The molecule has 0 aromatic heterocycles. The average molecular weight is 263 g/mol. The Hall–Kier alpha value is -1.11. The molecule has 18 heavy (non-hydrogen) atoms. The zero-order valence-electron chi connectivity index (χ0n) is 10.0. The maximum atomic E-state index is 13.3. The highest BCUT2D eigenvalue weighted by molar-refractivity contribution is 5.20. The van der Waals surface area contributed by atoms with Gasteiger partial charge in [0, 0.05) is 37.9 Å². The van der Waals surface area contributed by atoms with Crippen molar-refractivity contribution in [3.8, 4) is 0 Å². The van der Waals surface area contributed by atoms with Crippen LogP contribution in [0.4, 0.5) is 13.2 Å². The summed E-state index contributed by atoms with van der Waals surface area (Å²) in [7, 11) is 1.50. The Labute approximate surface area is 104 Å². The van der Waals surface area contributed by atoms with Crippen molar-refractivity contribution in [2.24, 2.45) is 0 Å². The highest BCUT2D eigenvalue weighted by Gasteiger charge is 2.12. The molecular formula is C12H16F3NO2. The first-order valence-electron chi connectivity index (χ1n) is 5.55. The molecule has 1 aromatic rings. The lowest BCUT2D eigenvalue weighted by atomic mass is 10.1. The first-order valence-corrected chi connectivity index (χ1v) is 5.55. The van der Waals surface area contributed by atoms with Gasteiger partial charge in [-0.15, -0.1) is 0 Å². The third-order valence-corrected chi connectivity index (χ3v) is 2.52. The lowest BCUT2D eigenvalue weighted by Gasteiger charge is -2.17. The van der Waals surface area contributed by atoms with E-state index in [0.29, 0.717) is 19.1 Å². The molecule has 1 atom stereocenters. The maximum absolute atomic E-state index is 13.3. The number of halogens is 3. The number of methoxy groups -OCH3 is 1. The summed E-state index contributed by atoms with van der Waals surface area (Å²) < 4.78 is 43.9. The summed E-state index contributed by atoms with van der Waals surface area (Å²) in [4.78, 5) is 0. The summed E-state index contributed by atoms with van der Waals surface area (Å²) in [6, 6.07) is 1.16. The summed E-state index contributed by atoms with van der Waals surface area (Å²) in [6.07, 6.45) is 0.430. The van der Waals surface area contributed by atoms with Crippen molar-refractivity contribution in [3.05, 3.63) is 35.1 Å². The summed E-state index contributed by atoms with van der Waals surface area (Å²) in [6.45, 7) is 0.338. The van der Waals surface area contributed by atoms with Gasteiger partial charge in [0.15, 0.2) is 11.6 Å². The summed E-state index contributed by atoms with van der Waals surface area (Å²) >= 11 is 0. The highest BCUT2D eigenvalue weighted by atomic mass is 19.2. The smallest absolute Gasteiger partial charge is 0.161 e. The molecule has 0 fully saturated rings. The van der Waals surface area contributed by atoms with Crippen LogP contribution >= 0.6 is 0 Å². The lowest BCUT2D eigenvalue weighted by molar-refractivity contribution is 0.148. The lowest BCUT2D eigenvalue weighted by Crippen LogP contribution is -2.33. The molecule has 0 saturated heterocycles. The van der Waals surface area contributed by atoms with Crippen LogP contribution in [0, 0.1) is 17.5 Å². The van der Waals surface area contributed by atoms with Crippen LogP contribution in [0.1, 0.15) is 12.0 Å². The Morgan fingerprint density at radius 2 is 1.89 bits per heavy atom. The van der Waals surface area contributed by atoms with Gasteiger partial charge in [0.2, 0.25) is 0 Å². The number of rotatable bonds is 7. The second-order valence-electron chi connectivity index (χ2n) is 3.90. The van der Waals surface area contributed by atoms with Crippen LogP contribution in [0.15, 0.2) is 12.1 Å². The van der Waals surface area contributed by atoms with E-state index in [1.807, 2.05) is 0 Å². The fourth-order valence-electron chi connectivity index (χ4n) is 1.55. The molecule has 0 aliphatic heterocycles. The zero-order chi connectivity index (χ0) is 13.5. The third-order valence-electron chi connectivity index (χ3n) is 2.52. The largest absolute Gasteiger partial charge is 0.396 e. The molecule has 0 saturated carbocycles. The predicted octanol–water partition coefficient (Wildman–Crippen LogP) is 1.59. The SMILES string of the molecule is COCC(CCO)NCc1cc(F)c(F)cc1F. The number of nitrogens with one attached hydrogen (secondary N) is 1. The molecule has 0 amide bonds. The number of hydrogen-bond donors (Lipinski definition) is 2. The van der Waals surface area contributed by atoms with Gasteiger partial charge >= 0.3 is 0 Å². The molecule has 0 spiro atoms. The van der Waals surface area contributed by atoms with E-state index in [1.54, 1.807) is 0 Å². The van der Waals surface area contributed by atoms with Crippen LogP contribution in [0.2, 0.25) is 0 Å². The fourth-order valence-corrected chi connectivity index (χ4v) is 1.55. The van der Waals surface area contributed by atoms with Gasteiger partial charge in [0.1, 0.15) is 5.82 Å². The molecule has 1 aromatic carbocycles. The third kappa shape index (κ3) is 4.29. The number of hydrogen-bond acceptors (Lipinski definition) is 3. The van der Waals surface area contributed by atoms with Gasteiger partial charge in [-0.3, -0.25) is 0 Å². The van der Waals surface area contributed by atoms with E-state index in [4.69, 9.17) is 9.84 Å². The Morgan fingerprint density at radius 1 is 1.22 bits per heavy atom. The van der Waals surface area contributed by atoms with E-state index < -0.39 is 17.5 Å². The van der Waals surface area contributed by atoms with Gasteiger partial charge in [-0.25, -0.2) is 13.2 Å². The monoisotopic (exact) mass is 263 g/mol. The minimum Gasteiger partial charge on any atom is -0.396 e. The quantitative estimate of drug-likeness (QED) is 0.734. The summed E-state index contributed by atoms with van der Waals surface area (Å²) in [5.41, 5.74) is 0.0351. The number of benzene rings is 1. The normalized spacial score (nSPS) is 12.7. The molecule has 3 nitrogen and oxygen atoms in total. The molecule has 0 heterocycles. The van der Waals surface area contributed by atoms with Crippen LogP contribution < -0.4 is 5.32 Å². The average Bonchev–Trinajstić information content (AvgIpc) is 2.32. The van der Waals surface area contributed by atoms with Crippen molar-refractivity contribution in [2.75, 3.05) is 20.3 Å². The number of aliphatic hydroxyl groups excluding tert-OH is 1. The molecule has 102 valence electrons. The number of ether oxygens (including phenoxy) is 1. The van der Waals surface area contributed by atoms with Crippen LogP contribution in [0.3, 0.4) is 0 Å². The van der Waals surface area contributed by atoms with Crippen molar-refractivity contribution in [1.29, 1.82) is 0 Å². The molecule has 2 N–H and O–H groups in total. The van der Waals surface area contributed by atoms with E-state index in [0.717, 1.165) is 6.07 Å². The van der Waals surface area contributed by atoms with E-state index in [9.17, 15) is 13.2 Å². The molecule has 0 aliphatic rings. The van der Waals surface area contributed by atoms with E-state index >= 15 is 0 Å². The molecular weight excluding hydrogens is 247 g/mol. The maximum Gasteiger partial charge on any atom is 0.161 e. The van der Waals surface area contributed by atoms with Crippen molar-refractivity contribution in [3.63, 3.8) is 0 Å². The van der Waals surface area contributed by atoms with E-state index in [-0.39, 0.29) is 24.8 Å². The molecule has 1 rings (SSSR count). The topological polar surface area (TPSA) is 41.5 Å². The van der Waals surface area contributed by atoms with Crippen molar-refractivity contribution < 1.29 is 23.0 Å². The second kappa shape index (κ2) is 7.35. The standard InChI is InChI=1S/C12H16F3NO2/c1-18-7-9(2-3-17)16-6-8-4-11(14)12(15)5-10(8)13/h4-5,9,16-17H,2-3,6-7H2,1H3. The van der Waals surface area contributed by atoms with Gasteiger partial charge in [0.25, 0.3) is 0 Å². The summed E-state index contributed by atoms with van der Waals surface area (Å²) in [5.74, 6) is -3.10.